The van der Waals surface area contributed by atoms with Crippen LogP contribution in [0.3, 0.4) is 0 Å². The number of halogens is 1. The topological polar surface area (TPSA) is 57.5 Å². The van der Waals surface area contributed by atoms with Gasteiger partial charge in [-0.2, -0.15) is 0 Å². The van der Waals surface area contributed by atoms with Crippen LogP contribution in [-0.4, -0.2) is 16.2 Å². The summed E-state index contributed by atoms with van der Waals surface area (Å²) in [4.78, 5) is 11.6. The van der Waals surface area contributed by atoms with E-state index in [9.17, 15) is 15.0 Å². The predicted octanol–water partition coefficient (Wildman–Crippen LogP) is 3.98. The number of aliphatic carboxylic acids is 1. The van der Waals surface area contributed by atoms with E-state index < -0.39 is 11.4 Å². The van der Waals surface area contributed by atoms with Gasteiger partial charge < -0.3 is 10.2 Å². The Morgan fingerprint density at radius 2 is 2.00 bits per heavy atom. The number of phenols is 1. The van der Waals surface area contributed by atoms with Crippen molar-refractivity contribution in [1.82, 2.24) is 0 Å². The molecule has 0 unspecified atom stereocenters. The Labute approximate surface area is 118 Å². The van der Waals surface area contributed by atoms with E-state index in [2.05, 4.69) is 0 Å². The smallest absolute Gasteiger partial charge is 0.314 e. The SMILES string of the molecule is Cc1c(Cl)cc(C(C)C)c(O)c1C1(C(=O)O)CCC1. The molecule has 104 valence electrons. The van der Waals surface area contributed by atoms with Crippen molar-refractivity contribution in [3.8, 4) is 5.75 Å². The van der Waals surface area contributed by atoms with Crippen LogP contribution in [0.15, 0.2) is 6.07 Å². The van der Waals surface area contributed by atoms with Crippen molar-refractivity contribution in [2.45, 2.75) is 51.4 Å². The molecule has 1 aromatic carbocycles. The van der Waals surface area contributed by atoms with Gasteiger partial charge >= 0.3 is 5.97 Å². The molecule has 1 saturated carbocycles. The van der Waals surface area contributed by atoms with E-state index in [0.717, 1.165) is 12.0 Å². The number of aromatic hydroxyl groups is 1. The van der Waals surface area contributed by atoms with Crippen molar-refractivity contribution in [3.63, 3.8) is 0 Å². The minimum atomic E-state index is -0.956. The van der Waals surface area contributed by atoms with Gasteiger partial charge in [-0.1, -0.05) is 31.9 Å². The Morgan fingerprint density at radius 3 is 2.37 bits per heavy atom. The summed E-state index contributed by atoms with van der Waals surface area (Å²) in [6, 6.07) is 1.74. The molecule has 0 radical (unpaired) electrons. The standard InChI is InChI=1S/C15H19ClO3/c1-8(2)10-7-11(16)9(3)12(13(10)17)15(14(18)19)5-4-6-15/h7-8,17H,4-6H2,1-3H3,(H,18,19). The molecule has 0 heterocycles. The van der Waals surface area contributed by atoms with E-state index in [-0.39, 0.29) is 11.7 Å². The van der Waals surface area contributed by atoms with Gasteiger partial charge in [-0.3, -0.25) is 4.79 Å². The van der Waals surface area contributed by atoms with Gasteiger partial charge in [-0.15, -0.1) is 0 Å². The summed E-state index contributed by atoms with van der Waals surface area (Å²) in [6.45, 7) is 5.70. The van der Waals surface area contributed by atoms with Gasteiger partial charge in [-0.05, 0) is 42.9 Å². The van der Waals surface area contributed by atoms with Crippen molar-refractivity contribution in [1.29, 1.82) is 0 Å². The number of phenolic OH excluding ortho intramolecular Hbond substituents is 1. The van der Waals surface area contributed by atoms with Gasteiger partial charge in [-0.25, -0.2) is 0 Å². The summed E-state index contributed by atoms with van der Waals surface area (Å²) < 4.78 is 0. The molecule has 1 aliphatic rings. The highest BCUT2D eigenvalue weighted by Gasteiger charge is 2.49. The van der Waals surface area contributed by atoms with Gasteiger partial charge in [0, 0.05) is 10.6 Å². The summed E-state index contributed by atoms with van der Waals surface area (Å²) in [5.41, 5.74) is 0.967. The average Bonchev–Trinajstić information content (AvgIpc) is 2.25. The third-order valence-corrected chi connectivity index (χ3v) is 4.64. The number of carboxylic acid groups (broad SMARTS) is 1. The van der Waals surface area contributed by atoms with Crippen molar-refractivity contribution in [3.05, 3.63) is 27.8 Å². The van der Waals surface area contributed by atoms with Crippen molar-refractivity contribution >= 4 is 17.6 Å². The van der Waals surface area contributed by atoms with Gasteiger partial charge in [0.05, 0.1) is 5.41 Å². The molecule has 0 saturated heterocycles. The molecule has 19 heavy (non-hydrogen) atoms. The van der Waals surface area contributed by atoms with Crippen molar-refractivity contribution < 1.29 is 15.0 Å². The highest BCUT2D eigenvalue weighted by molar-refractivity contribution is 6.31. The van der Waals surface area contributed by atoms with E-state index in [1.54, 1.807) is 13.0 Å². The quantitative estimate of drug-likeness (QED) is 0.881. The van der Waals surface area contributed by atoms with Crippen LogP contribution in [0.1, 0.15) is 55.7 Å². The maximum absolute atomic E-state index is 11.6. The Hall–Kier alpha value is -1.22. The Kier molecular flexibility index (Phi) is 3.52. The van der Waals surface area contributed by atoms with E-state index in [0.29, 0.717) is 29.0 Å². The minimum absolute atomic E-state index is 0.0998. The molecule has 0 atom stereocenters. The summed E-state index contributed by atoms with van der Waals surface area (Å²) in [5.74, 6) is -0.657. The minimum Gasteiger partial charge on any atom is -0.507 e. The Bertz CT molecular complexity index is 531. The lowest BCUT2D eigenvalue weighted by atomic mass is 9.62. The fraction of sp³-hybridized carbons (Fsp3) is 0.533. The van der Waals surface area contributed by atoms with E-state index in [4.69, 9.17) is 11.6 Å². The second kappa shape index (κ2) is 4.71. The van der Waals surface area contributed by atoms with Crippen LogP contribution in [0.4, 0.5) is 0 Å². The number of carbonyl (C=O) groups is 1. The zero-order valence-electron chi connectivity index (χ0n) is 11.5. The molecule has 3 nitrogen and oxygen atoms in total. The largest absolute Gasteiger partial charge is 0.507 e. The molecule has 1 aliphatic carbocycles. The molecule has 1 aromatic rings. The number of hydrogen-bond donors (Lipinski definition) is 2. The maximum Gasteiger partial charge on any atom is 0.314 e. The number of rotatable bonds is 3. The molecule has 0 aliphatic heterocycles. The maximum atomic E-state index is 11.6. The lowest BCUT2D eigenvalue weighted by Crippen LogP contribution is -2.43. The van der Waals surface area contributed by atoms with Crippen LogP contribution in [0, 0.1) is 6.92 Å². The highest BCUT2D eigenvalue weighted by Crippen LogP contribution is 2.51. The van der Waals surface area contributed by atoms with Crippen LogP contribution in [0.2, 0.25) is 5.02 Å². The number of benzene rings is 1. The fourth-order valence-corrected chi connectivity index (χ4v) is 3.09. The van der Waals surface area contributed by atoms with E-state index in [1.807, 2.05) is 13.8 Å². The molecule has 0 aromatic heterocycles. The molecule has 0 spiro atoms. The van der Waals surface area contributed by atoms with Crippen LogP contribution in [-0.2, 0) is 10.2 Å². The van der Waals surface area contributed by atoms with Crippen LogP contribution in [0.5, 0.6) is 5.75 Å². The molecule has 4 heteroatoms. The van der Waals surface area contributed by atoms with Gasteiger partial charge in [0.15, 0.2) is 0 Å². The Balaban J connectivity index is 2.72. The fourth-order valence-electron chi connectivity index (χ4n) is 2.88. The number of hydrogen-bond acceptors (Lipinski definition) is 2. The molecule has 2 N–H and O–H groups in total. The first kappa shape index (κ1) is 14.2. The average molecular weight is 283 g/mol. The first-order chi connectivity index (χ1) is 8.81. The van der Waals surface area contributed by atoms with Crippen LogP contribution >= 0.6 is 11.6 Å². The lowest BCUT2D eigenvalue weighted by molar-refractivity contribution is -0.147. The van der Waals surface area contributed by atoms with E-state index in [1.165, 1.54) is 0 Å². The van der Waals surface area contributed by atoms with Crippen LogP contribution in [0.25, 0.3) is 0 Å². The predicted molar refractivity (Wildman–Crippen MR) is 75.1 cm³/mol. The summed E-state index contributed by atoms with van der Waals surface area (Å²) in [7, 11) is 0. The summed E-state index contributed by atoms with van der Waals surface area (Å²) >= 11 is 6.22. The summed E-state index contributed by atoms with van der Waals surface area (Å²) in [6.07, 6.45) is 2.00. The molecule has 1 fully saturated rings. The third kappa shape index (κ3) is 2.00. The van der Waals surface area contributed by atoms with Crippen molar-refractivity contribution in [2.75, 3.05) is 0 Å². The molecule has 0 bridgehead atoms. The van der Waals surface area contributed by atoms with Gasteiger partial charge in [0.1, 0.15) is 5.75 Å². The monoisotopic (exact) mass is 282 g/mol. The Morgan fingerprint density at radius 1 is 1.42 bits per heavy atom. The first-order valence-electron chi connectivity index (χ1n) is 6.57. The number of carboxylic acids is 1. The second-order valence-electron chi connectivity index (χ2n) is 5.69. The van der Waals surface area contributed by atoms with Crippen molar-refractivity contribution in [2.24, 2.45) is 0 Å². The molecular formula is C15H19ClO3. The zero-order valence-corrected chi connectivity index (χ0v) is 12.2. The highest BCUT2D eigenvalue weighted by atomic mass is 35.5. The van der Waals surface area contributed by atoms with Crippen LogP contribution < -0.4 is 0 Å². The lowest BCUT2D eigenvalue weighted by Gasteiger charge is -2.40. The van der Waals surface area contributed by atoms with Gasteiger partial charge in [0.2, 0.25) is 0 Å². The molecule has 2 rings (SSSR count). The molecule has 0 amide bonds. The normalized spacial score (nSPS) is 17.3. The third-order valence-electron chi connectivity index (χ3n) is 4.24. The summed E-state index contributed by atoms with van der Waals surface area (Å²) in [5, 5.41) is 20.6. The van der Waals surface area contributed by atoms with Gasteiger partial charge in [0.25, 0.3) is 0 Å². The first-order valence-corrected chi connectivity index (χ1v) is 6.95. The second-order valence-corrected chi connectivity index (χ2v) is 6.10. The molecular weight excluding hydrogens is 264 g/mol. The van der Waals surface area contributed by atoms with E-state index >= 15 is 0 Å². The zero-order chi connectivity index (χ0) is 14.4.